The molecule has 122 valence electrons. The third-order valence-electron chi connectivity index (χ3n) is 3.85. The number of rotatable bonds is 4. The number of anilines is 1. The number of ether oxygens (including phenoxy) is 2. The molecule has 1 amide bonds. The topological polar surface area (TPSA) is 60.5 Å². The maximum atomic E-state index is 12.5. The van der Waals surface area contributed by atoms with E-state index in [0.29, 0.717) is 22.9 Å². The molecule has 3 rings (SSSR count). The summed E-state index contributed by atoms with van der Waals surface area (Å²) in [6, 6.07) is 14.8. The first kappa shape index (κ1) is 15.8. The molecular weight excluding hydrogens is 304 g/mol. The third-order valence-corrected chi connectivity index (χ3v) is 3.85. The number of carbonyl (C=O) groups is 1. The van der Waals surface area contributed by atoms with Crippen molar-refractivity contribution in [3.05, 3.63) is 59.7 Å². The smallest absolute Gasteiger partial charge is 0.257 e. The summed E-state index contributed by atoms with van der Waals surface area (Å²) in [5.74, 6) is 1.43. The van der Waals surface area contributed by atoms with Crippen molar-refractivity contribution in [1.82, 2.24) is 4.98 Å². The van der Waals surface area contributed by atoms with Gasteiger partial charge in [0.25, 0.3) is 5.91 Å². The maximum absolute atomic E-state index is 12.5. The molecule has 0 bridgehead atoms. The van der Waals surface area contributed by atoms with Gasteiger partial charge in [-0.1, -0.05) is 18.2 Å². The summed E-state index contributed by atoms with van der Waals surface area (Å²) in [4.78, 5) is 17.0. The predicted octanol–water partition coefficient (Wildman–Crippen LogP) is 3.81. The van der Waals surface area contributed by atoms with Crippen molar-refractivity contribution in [2.75, 3.05) is 19.5 Å². The molecule has 1 heterocycles. The first-order valence-corrected chi connectivity index (χ1v) is 7.52. The summed E-state index contributed by atoms with van der Waals surface area (Å²) in [6.07, 6.45) is 0. The first-order valence-electron chi connectivity index (χ1n) is 7.52. The highest BCUT2D eigenvalue weighted by Crippen LogP contribution is 2.29. The number of fused-ring (bicyclic) bond motifs is 1. The van der Waals surface area contributed by atoms with Gasteiger partial charge in [0, 0.05) is 16.5 Å². The van der Waals surface area contributed by atoms with Gasteiger partial charge in [0.15, 0.2) is 0 Å². The fourth-order valence-electron chi connectivity index (χ4n) is 2.54. The van der Waals surface area contributed by atoms with E-state index >= 15 is 0 Å². The largest absolute Gasteiger partial charge is 0.496 e. The molecule has 5 nitrogen and oxygen atoms in total. The molecule has 0 aliphatic rings. The SMILES string of the molecule is COc1cc(C(=O)Nc2ccc3ccccc3n2)cc(OC)c1C. The average Bonchev–Trinajstić information content (AvgIpc) is 2.61. The zero-order valence-corrected chi connectivity index (χ0v) is 13.8. The fraction of sp³-hybridized carbons (Fsp3) is 0.158. The molecule has 0 aliphatic heterocycles. The molecule has 2 aromatic carbocycles. The monoisotopic (exact) mass is 322 g/mol. The molecule has 5 heteroatoms. The molecule has 0 unspecified atom stereocenters. The Morgan fingerprint density at radius 1 is 1.00 bits per heavy atom. The van der Waals surface area contributed by atoms with E-state index in [1.54, 1.807) is 32.4 Å². The number of methoxy groups -OCH3 is 2. The van der Waals surface area contributed by atoms with Crippen LogP contribution >= 0.6 is 0 Å². The van der Waals surface area contributed by atoms with Crippen molar-refractivity contribution in [3.63, 3.8) is 0 Å². The number of hydrogen-bond acceptors (Lipinski definition) is 4. The lowest BCUT2D eigenvalue weighted by Crippen LogP contribution is -2.13. The van der Waals surface area contributed by atoms with Gasteiger partial charge < -0.3 is 14.8 Å². The van der Waals surface area contributed by atoms with E-state index in [2.05, 4.69) is 10.3 Å². The molecule has 3 aromatic rings. The van der Waals surface area contributed by atoms with Crippen LogP contribution in [0.5, 0.6) is 11.5 Å². The Kier molecular flexibility index (Phi) is 4.33. The van der Waals surface area contributed by atoms with Gasteiger partial charge in [0.1, 0.15) is 17.3 Å². The Bertz CT molecular complexity index is 881. The number of nitrogens with one attached hydrogen (secondary N) is 1. The molecule has 0 fully saturated rings. The number of amides is 1. The van der Waals surface area contributed by atoms with Gasteiger partial charge >= 0.3 is 0 Å². The van der Waals surface area contributed by atoms with Gasteiger partial charge in [-0.3, -0.25) is 4.79 Å². The van der Waals surface area contributed by atoms with Gasteiger partial charge in [0.05, 0.1) is 19.7 Å². The quantitative estimate of drug-likeness (QED) is 0.793. The van der Waals surface area contributed by atoms with Crippen LogP contribution in [0.25, 0.3) is 10.9 Å². The van der Waals surface area contributed by atoms with Gasteiger partial charge in [0.2, 0.25) is 0 Å². The standard InChI is InChI=1S/C19H18N2O3/c1-12-16(23-2)10-14(11-17(12)24-3)19(22)21-18-9-8-13-6-4-5-7-15(13)20-18/h4-11H,1-3H3,(H,20,21,22). The number of nitrogens with zero attached hydrogens (tertiary/aromatic N) is 1. The Labute approximate surface area is 140 Å². The third kappa shape index (κ3) is 3.01. The normalized spacial score (nSPS) is 10.5. The second-order valence-corrected chi connectivity index (χ2v) is 5.35. The van der Waals surface area contributed by atoms with Crippen molar-refractivity contribution in [2.45, 2.75) is 6.92 Å². The molecule has 0 aliphatic carbocycles. The van der Waals surface area contributed by atoms with Gasteiger partial charge in [-0.05, 0) is 37.3 Å². The number of para-hydroxylation sites is 1. The van der Waals surface area contributed by atoms with Crippen molar-refractivity contribution < 1.29 is 14.3 Å². The summed E-state index contributed by atoms with van der Waals surface area (Å²) >= 11 is 0. The lowest BCUT2D eigenvalue weighted by molar-refractivity contribution is 0.102. The molecule has 0 saturated carbocycles. The Hall–Kier alpha value is -3.08. The van der Waals surface area contributed by atoms with Gasteiger partial charge in [-0.25, -0.2) is 4.98 Å². The fourth-order valence-corrected chi connectivity index (χ4v) is 2.54. The summed E-state index contributed by atoms with van der Waals surface area (Å²) in [7, 11) is 3.13. The molecule has 24 heavy (non-hydrogen) atoms. The van der Waals surface area contributed by atoms with Crippen LogP contribution < -0.4 is 14.8 Å². The lowest BCUT2D eigenvalue weighted by Gasteiger charge is -2.12. The molecule has 0 spiro atoms. The van der Waals surface area contributed by atoms with E-state index in [1.165, 1.54) is 0 Å². The van der Waals surface area contributed by atoms with Crippen LogP contribution in [0.15, 0.2) is 48.5 Å². The van der Waals surface area contributed by atoms with E-state index in [-0.39, 0.29) is 5.91 Å². The zero-order chi connectivity index (χ0) is 17.1. The van der Waals surface area contributed by atoms with Crippen LogP contribution in [-0.4, -0.2) is 25.1 Å². The van der Waals surface area contributed by atoms with E-state index in [0.717, 1.165) is 16.5 Å². The van der Waals surface area contributed by atoms with E-state index in [4.69, 9.17) is 9.47 Å². The highest BCUT2D eigenvalue weighted by atomic mass is 16.5. The zero-order valence-electron chi connectivity index (χ0n) is 13.8. The van der Waals surface area contributed by atoms with E-state index in [9.17, 15) is 4.79 Å². The minimum absolute atomic E-state index is 0.269. The Morgan fingerprint density at radius 2 is 1.67 bits per heavy atom. The number of aromatic nitrogens is 1. The average molecular weight is 322 g/mol. The minimum atomic E-state index is -0.269. The maximum Gasteiger partial charge on any atom is 0.257 e. The molecule has 1 N–H and O–H groups in total. The highest BCUT2D eigenvalue weighted by molar-refractivity contribution is 6.04. The Morgan fingerprint density at radius 3 is 2.33 bits per heavy atom. The van der Waals surface area contributed by atoms with E-state index < -0.39 is 0 Å². The van der Waals surface area contributed by atoms with Crippen LogP contribution in [0.4, 0.5) is 5.82 Å². The van der Waals surface area contributed by atoms with Gasteiger partial charge in [-0.2, -0.15) is 0 Å². The van der Waals surface area contributed by atoms with Crippen LogP contribution in [0, 0.1) is 6.92 Å². The van der Waals surface area contributed by atoms with Crippen molar-refractivity contribution in [1.29, 1.82) is 0 Å². The van der Waals surface area contributed by atoms with Crippen LogP contribution in [0.3, 0.4) is 0 Å². The predicted molar refractivity (Wildman–Crippen MR) is 94.0 cm³/mol. The number of benzene rings is 2. The first-order chi connectivity index (χ1) is 11.6. The minimum Gasteiger partial charge on any atom is -0.496 e. The second kappa shape index (κ2) is 6.58. The second-order valence-electron chi connectivity index (χ2n) is 5.35. The number of pyridine rings is 1. The van der Waals surface area contributed by atoms with Crippen molar-refractivity contribution >= 4 is 22.6 Å². The van der Waals surface area contributed by atoms with Crippen LogP contribution in [0.1, 0.15) is 15.9 Å². The van der Waals surface area contributed by atoms with Crippen LogP contribution in [0.2, 0.25) is 0 Å². The molecule has 1 aromatic heterocycles. The summed E-state index contributed by atoms with van der Waals surface area (Å²) < 4.78 is 10.6. The highest BCUT2D eigenvalue weighted by Gasteiger charge is 2.14. The van der Waals surface area contributed by atoms with Crippen molar-refractivity contribution in [3.8, 4) is 11.5 Å². The number of hydrogen-bond donors (Lipinski definition) is 1. The lowest BCUT2D eigenvalue weighted by atomic mass is 10.1. The summed E-state index contributed by atoms with van der Waals surface area (Å²) in [5, 5.41) is 3.83. The van der Waals surface area contributed by atoms with Crippen molar-refractivity contribution in [2.24, 2.45) is 0 Å². The Balaban J connectivity index is 1.91. The number of carbonyl (C=O) groups excluding carboxylic acids is 1. The van der Waals surface area contributed by atoms with Gasteiger partial charge in [-0.15, -0.1) is 0 Å². The van der Waals surface area contributed by atoms with Crippen LogP contribution in [-0.2, 0) is 0 Å². The molecular formula is C19H18N2O3. The van der Waals surface area contributed by atoms with E-state index in [1.807, 2.05) is 37.3 Å². The molecule has 0 saturated heterocycles. The molecule has 0 radical (unpaired) electrons. The summed E-state index contributed by atoms with van der Waals surface area (Å²) in [6.45, 7) is 1.88. The molecule has 0 atom stereocenters. The summed E-state index contributed by atoms with van der Waals surface area (Å²) in [5.41, 5.74) is 2.12.